The van der Waals surface area contributed by atoms with E-state index in [9.17, 15) is 13.6 Å². The van der Waals surface area contributed by atoms with E-state index in [4.69, 9.17) is 9.15 Å². The summed E-state index contributed by atoms with van der Waals surface area (Å²) >= 11 is 0. The minimum Gasteiger partial charge on any atom is -0.485 e. The molecule has 0 aliphatic heterocycles. The molecule has 1 fully saturated rings. The lowest BCUT2D eigenvalue weighted by Crippen LogP contribution is -2.29. The van der Waals surface area contributed by atoms with E-state index < -0.39 is 18.9 Å². The second-order valence-corrected chi connectivity index (χ2v) is 5.74. The van der Waals surface area contributed by atoms with Gasteiger partial charge in [0.05, 0.1) is 18.4 Å². The van der Waals surface area contributed by atoms with E-state index in [0.29, 0.717) is 23.3 Å². The van der Waals surface area contributed by atoms with E-state index >= 15 is 0 Å². The van der Waals surface area contributed by atoms with Crippen LogP contribution >= 0.6 is 0 Å². The van der Waals surface area contributed by atoms with Gasteiger partial charge in [-0.15, -0.1) is 0 Å². The van der Waals surface area contributed by atoms with Gasteiger partial charge in [0.2, 0.25) is 0 Å². The van der Waals surface area contributed by atoms with Gasteiger partial charge in [0.1, 0.15) is 18.1 Å². The number of halogens is 2. The Morgan fingerprint density at radius 1 is 1.44 bits per heavy atom. The molecule has 0 radical (unpaired) electrons. The van der Waals surface area contributed by atoms with Gasteiger partial charge >= 0.3 is 0 Å². The molecule has 2 aromatic rings. The van der Waals surface area contributed by atoms with Crippen LogP contribution in [0.15, 0.2) is 47.5 Å². The van der Waals surface area contributed by atoms with Crippen molar-refractivity contribution < 1.29 is 22.7 Å². The molecule has 1 aromatic carbocycles. The summed E-state index contributed by atoms with van der Waals surface area (Å²) in [4.78, 5) is 17.9. The minimum atomic E-state index is -2.60. The smallest absolute Gasteiger partial charge is 0.272 e. The van der Waals surface area contributed by atoms with Gasteiger partial charge in [-0.2, -0.15) is 0 Å². The maximum atomic E-state index is 12.5. The van der Waals surface area contributed by atoms with E-state index in [-0.39, 0.29) is 12.3 Å². The van der Waals surface area contributed by atoms with Gasteiger partial charge < -0.3 is 9.15 Å². The Hall–Kier alpha value is -2.70. The number of anilines is 1. The summed E-state index contributed by atoms with van der Waals surface area (Å²) in [6.07, 6.45) is 2.24. The first-order chi connectivity index (χ1) is 12.1. The number of rotatable bonds is 8. The fraction of sp³-hybridized carbons (Fsp3) is 0.333. The lowest BCUT2D eigenvalue weighted by Gasteiger charge is -2.23. The van der Waals surface area contributed by atoms with E-state index in [1.54, 1.807) is 24.4 Å². The van der Waals surface area contributed by atoms with Gasteiger partial charge in [-0.05, 0) is 31.1 Å². The van der Waals surface area contributed by atoms with Crippen molar-refractivity contribution >= 4 is 11.6 Å². The number of amides is 1. The number of hydrogen-bond acceptors (Lipinski definition) is 4. The lowest BCUT2D eigenvalue weighted by molar-refractivity contribution is -0.114. The molecule has 1 heterocycles. The highest BCUT2D eigenvalue weighted by molar-refractivity contribution is 6.01. The fourth-order valence-electron chi connectivity index (χ4n) is 2.42. The van der Waals surface area contributed by atoms with Crippen LogP contribution in [-0.4, -0.2) is 23.9 Å². The molecule has 1 aromatic heterocycles. The lowest BCUT2D eigenvalue weighted by atomic mass is 10.2. The number of oxazole rings is 1. The Kier molecular flexibility index (Phi) is 5.11. The summed E-state index contributed by atoms with van der Waals surface area (Å²) in [6, 6.07) is 6.52. The predicted octanol–water partition coefficient (Wildman–Crippen LogP) is 3.92. The van der Waals surface area contributed by atoms with Crippen molar-refractivity contribution in [2.75, 3.05) is 11.5 Å². The first-order valence-electron chi connectivity index (χ1n) is 7.97. The molecule has 7 heteroatoms. The van der Waals surface area contributed by atoms with Crippen molar-refractivity contribution in [3.05, 3.63) is 54.8 Å². The Balaban J connectivity index is 1.84. The molecule has 5 nitrogen and oxygen atoms in total. The van der Waals surface area contributed by atoms with Crippen LogP contribution in [-0.2, 0) is 11.3 Å². The Morgan fingerprint density at radius 2 is 2.20 bits per heavy atom. The summed E-state index contributed by atoms with van der Waals surface area (Å²) < 4.78 is 35.8. The monoisotopic (exact) mass is 348 g/mol. The van der Waals surface area contributed by atoms with Crippen LogP contribution in [0, 0.1) is 0 Å². The second kappa shape index (κ2) is 7.46. The predicted molar refractivity (Wildman–Crippen MR) is 87.8 cm³/mol. The van der Waals surface area contributed by atoms with Crippen LogP contribution in [0.3, 0.4) is 0 Å². The molecule has 25 heavy (non-hydrogen) atoms. The van der Waals surface area contributed by atoms with Crippen molar-refractivity contribution in [2.24, 2.45) is 0 Å². The number of nitrogens with zero attached hydrogens (tertiary/aromatic N) is 2. The van der Waals surface area contributed by atoms with Crippen molar-refractivity contribution in [2.45, 2.75) is 31.7 Å². The van der Waals surface area contributed by atoms with E-state index in [2.05, 4.69) is 11.6 Å². The standard InChI is InChI=1S/C18H18F2N2O3/c1-2-17(23)22(10-13-9-21-18(25-13)12-7-8-12)14-5-3-4-6-15(14)24-11-16(19)20/h2-6,9,12,16H,1,7-8,10-11H2. The molecular formula is C18H18F2N2O3. The van der Waals surface area contributed by atoms with E-state index in [0.717, 1.165) is 18.9 Å². The van der Waals surface area contributed by atoms with Crippen molar-refractivity contribution in [3.63, 3.8) is 0 Å². The average Bonchev–Trinajstić information content (AvgIpc) is 3.36. The number of ether oxygens (including phenoxy) is 1. The maximum absolute atomic E-state index is 12.5. The molecule has 0 spiro atoms. The fourth-order valence-corrected chi connectivity index (χ4v) is 2.42. The molecule has 1 aliphatic carbocycles. The highest BCUT2D eigenvalue weighted by Crippen LogP contribution is 2.39. The topological polar surface area (TPSA) is 55.6 Å². The first-order valence-corrected chi connectivity index (χ1v) is 7.97. The molecule has 0 unspecified atom stereocenters. The Bertz CT molecular complexity index is 756. The Morgan fingerprint density at radius 3 is 2.88 bits per heavy atom. The third-order valence-electron chi connectivity index (χ3n) is 3.77. The van der Waals surface area contributed by atoms with Crippen molar-refractivity contribution in [3.8, 4) is 5.75 Å². The number of carbonyl (C=O) groups is 1. The Labute approximate surface area is 143 Å². The highest BCUT2D eigenvalue weighted by Gasteiger charge is 2.29. The molecule has 0 saturated heterocycles. The average molecular weight is 348 g/mol. The first kappa shape index (κ1) is 17.1. The van der Waals surface area contributed by atoms with Crippen LogP contribution in [0.2, 0.25) is 0 Å². The van der Waals surface area contributed by atoms with Crippen molar-refractivity contribution in [1.29, 1.82) is 0 Å². The molecule has 1 saturated carbocycles. The molecule has 1 aliphatic rings. The van der Waals surface area contributed by atoms with Gasteiger partial charge in [0.25, 0.3) is 12.3 Å². The number of alkyl halides is 2. The number of hydrogen-bond donors (Lipinski definition) is 0. The SMILES string of the molecule is C=CC(=O)N(Cc1cnc(C2CC2)o1)c1ccccc1OCC(F)F. The largest absolute Gasteiger partial charge is 0.485 e. The number of para-hydroxylation sites is 2. The van der Waals surface area contributed by atoms with Crippen LogP contribution in [0.4, 0.5) is 14.5 Å². The summed E-state index contributed by atoms with van der Waals surface area (Å²) in [7, 11) is 0. The van der Waals surface area contributed by atoms with Crippen LogP contribution in [0.25, 0.3) is 0 Å². The van der Waals surface area contributed by atoms with E-state index in [1.165, 1.54) is 11.0 Å². The summed E-state index contributed by atoms with van der Waals surface area (Å²) in [6.45, 7) is 2.86. The molecule has 1 amide bonds. The van der Waals surface area contributed by atoms with E-state index in [1.807, 2.05) is 0 Å². The number of benzene rings is 1. The quantitative estimate of drug-likeness (QED) is 0.679. The highest BCUT2D eigenvalue weighted by atomic mass is 19.3. The number of carbonyl (C=O) groups excluding carboxylic acids is 1. The zero-order chi connectivity index (χ0) is 17.8. The minimum absolute atomic E-state index is 0.111. The maximum Gasteiger partial charge on any atom is 0.272 e. The molecule has 0 N–H and O–H groups in total. The van der Waals surface area contributed by atoms with Gasteiger partial charge in [-0.1, -0.05) is 18.7 Å². The molecular weight excluding hydrogens is 330 g/mol. The third-order valence-corrected chi connectivity index (χ3v) is 3.77. The zero-order valence-electron chi connectivity index (χ0n) is 13.5. The van der Waals surface area contributed by atoms with Gasteiger partial charge in [-0.25, -0.2) is 13.8 Å². The summed E-state index contributed by atoms with van der Waals surface area (Å²) in [5, 5.41) is 0. The number of aromatic nitrogens is 1. The normalized spacial score (nSPS) is 13.7. The molecule has 132 valence electrons. The second-order valence-electron chi connectivity index (χ2n) is 5.74. The van der Waals surface area contributed by atoms with Crippen LogP contribution < -0.4 is 9.64 Å². The molecule has 0 atom stereocenters. The van der Waals surface area contributed by atoms with Gasteiger partial charge in [-0.3, -0.25) is 9.69 Å². The van der Waals surface area contributed by atoms with Crippen LogP contribution in [0.1, 0.15) is 30.4 Å². The van der Waals surface area contributed by atoms with Gasteiger partial charge in [0.15, 0.2) is 5.89 Å². The molecule has 0 bridgehead atoms. The summed E-state index contributed by atoms with van der Waals surface area (Å²) in [5.74, 6) is 1.35. The van der Waals surface area contributed by atoms with Crippen molar-refractivity contribution in [1.82, 2.24) is 4.98 Å². The third kappa shape index (κ3) is 4.23. The summed E-state index contributed by atoms with van der Waals surface area (Å²) in [5.41, 5.74) is 0.373. The van der Waals surface area contributed by atoms with Crippen LogP contribution in [0.5, 0.6) is 5.75 Å². The molecule has 3 rings (SSSR count). The van der Waals surface area contributed by atoms with Gasteiger partial charge in [0, 0.05) is 5.92 Å². The zero-order valence-corrected chi connectivity index (χ0v) is 13.5.